The van der Waals surface area contributed by atoms with Crippen LogP contribution < -0.4 is 22.4 Å². The molecule has 3 aromatic rings. The largest absolute Gasteiger partial charge is 0.334 e. The molecule has 0 fully saturated rings. The first-order valence-electron chi connectivity index (χ1n) is 7.74. The summed E-state index contributed by atoms with van der Waals surface area (Å²) in [6.07, 6.45) is 1.11. The quantitative estimate of drug-likeness (QED) is 0.250. The predicted molar refractivity (Wildman–Crippen MR) is 108 cm³/mol. The van der Waals surface area contributed by atoms with Crippen LogP contribution in [-0.2, 0) is 4.79 Å². The Morgan fingerprint density at radius 2 is 2.19 bits per heavy atom. The van der Waals surface area contributed by atoms with Gasteiger partial charge in [0.1, 0.15) is 0 Å². The molecule has 26 heavy (non-hydrogen) atoms. The number of nitrogen functional groups attached to an aromatic ring is 2. The second-order valence-electron chi connectivity index (χ2n) is 5.17. The summed E-state index contributed by atoms with van der Waals surface area (Å²) in [7, 11) is 0. The molecule has 9 nitrogen and oxygen atoms in total. The first-order chi connectivity index (χ1) is 12.6. The smallest absolute Gasteiger partial charge is 0.258 e. The number of hydrogen-bond donors (Lipinski definition) is 4. The van der Waals surface area contributed by atoms with Crippen molar-refractivity contribution in [2.45, 2.75) is 22.8 Å². The monoisotopic (exact) mass is 410 g/mol. The molecule has 6 N–H and O–H groups in total. The first-order valence-corrected chi connectivity index (χ1v) is 10.5. The number of nitrogens with zero attached hydrogens (tertiary/aromatic N) is 4. The van der Waals surface area contributed by atoms with Gasteiger partial charge in [-0.3, -0.25) is 10.2 Å². The van der Waals surface area contributed by atoms with Gasteiger partial charge in [0.2, 0.25) is 11.1 Å². The minimum atomic E-state index is -0.162. The molecule has 0 atom stereocenters. The number of thioether (sulfide) groups is 2. The average Bonchev–Trinajstić information content (AvgIpc) is 3.20. The second kappa shape index (κ2) is 8.58. The number of aromatic nitrogens is 4. The molecule has 0 aliphatic carbocycles. The fourth-order valence-corrected chi connectivity index (χ4v) is 4.72. The molecule has 12 heteroatoms. The van der Waals surface area contributed by atoms with Crippen molar-refractivity contribution in [1.29, 1.82) is 0 Å². The van der Waals surface area contributed by atoms with Crippen LogP contribution in [-0.4, -0.2) is 37.3 Å². The molecule has 0 aliphatic heterocycles. The zero-order valence-corrected chi connectivity index (χ0v) is 16.4. The number of nitrogens with one attached hydrogen (secondary N) is 2. The van der Waals surface area contributed by atoms with Gasteiger partial charge in [-0.1, -0.05) is 30.4 Å². The average molecular weight is 411 g/mol. The minimum absolute atomic E-state index is 0.151. The normalized spacial score (nSPS) is 11.0. The maximum Gasteiger partial charge on any atom is 0.258 e. The summed E-state index contributed by atoms with van der Waals surface area (Å²) in [5, 5.41) is 10.9. The van der Waals surface area contributed by atoms with E-state index in [0.29, 0.717) is 5.16 Å². The molecular formula is C14H18N8OS3. The number of hydrogen-bond acceptors (Lipinski definition) is 10. The Labute approximate surface area is 162 Å². The Morgan fingerprint density at radius 3 is 2.92 bits per heavy atom. The number of benzene rings is 1. The summed E-state index contributed by atoms with van der Waals surface area (Å²) in [6.45, 7) is 2.15. The predicted octanol–water partition coefficient (Wildman–Crippen LogP) is 2.12. The van der Waals surface area contributed by atoms with Crippen LogP contribution in [0.3, 0.4) is 0 Å². The van der Waals surface area contributed by atoms with E-state index in [-0.39, 0.29) is 17.6 Å². The topological polar surface area (TPSA) is 137 Å². The number of amides is 1. The van der Waals surface area contributed by atoms with Crippen molar-refractivity contribution in [3.8, 4) is 0 Å². The number of carbonyl (C=O) groups is 1. The molecule has 1 amide bonds. The van der Waals surface area contributed by atoms with Crippen LogP contribution in [0.4, 0.5) is 11.6 Å². The first kappa shape index (κ1) is 18.8. The lowest BCUT2D eigenvalue weighted by atomic mass is 10.3. The summed E-state index contributed by atoms with van der Waals surface area (Å²) in [5.74, 6) is 12.3. The molecule has 0 aliphatic rings. The van der Waals surface area contributed by atoms with Crippen LogP contribution in [0.2, 0.25) is 0 Å². The van der Waals surface area contributed by atoms with Crippen molar-refractivity contribution >= 4 is 62.6 Å². The summed E-state index contributed by atoms with van der Waals surface area (Å²) >= 11 is 4.56. The lowest BCUT2D eigenvalue weighted by molar-refractivity contribution is -0.113. The van der Waals surface area contributed by atoms with E-state index in [0.717, 1.165) is 32.4 Å². The lowest BCUT2D eigenvalue weighted by Gasteiger charge is -2.05. The number of carbonyl (C=O) groups excluding carboxylic acids is 1. The summed E-state index contributed by atoms with van der Waals surface area (Å²) in [5.41, 5.74) is 4.00. The van der Waals surface area contributed by atoms with Gasteiger partial charge in [-0.2, -0.15) is 0 Å². The van der Waals surface area contributed by atoms with E-state index in [4.69, 9.17) is 11.7 Å². The number of fused-ring (bicyclic) bond motifs is 1. The van der Waals surface area contributed by atoms with Gasteiger partial charge in [0.25, 0.3) is 5.95 Å². The van der Waals surface area contributed by atoms with Gasteiger partial charge in [0, 0.05) is 11.4 Å². The third-order valence-corrected chi connectivity index (χ3v) is 6.52. The van der Waals surface area contributed by atoms with Crippen LogP contribution >= 0.6 is 34.9 Å². The van der Waals surface area contributed by atoms with E-state index in [1.807, 2.05) is 18.2 Å². The van der Waals surface area contributed by atoms with Crippen LogP contribution in [0.1, 0.15) is 13.3 Å². The fraction of sp³-hybridized carbons (Fsp3) is 0.286. The minimum Gasteiger partial charge on any atom is -0.334 e. The van der Waals surface area contributed by atoms with Gasteiger partial charge < -0.3 is 11.2 Å². The zero-order valence-electron chi connectivity index (χ0n) is 13.9. The highest BCUT2D eigenvalue weighted by atomic mass is 32.2. The summed E-state index contributed by atoms with van der Waals surface area (Å²) in [4.78, 5) is 16.8. The Kier molecular flexibility index (Phi) is 6.19. The summed E-state index contributed by atoms with van der Waals surface area (Å²) in [6, 6.07) is 5.70. The molecule has 2 heterocycles. The van der Waals surface area contributed by atoms with Crippen LogP contribution in [0.15, 0.2) is 27.7 Å². The van der Waals surface area contributed by atoms with Crippen LogP contribution in [0.25, 0.3) is 10.2 Å². The molecule has 2 aromatic heterocycles. The zero-order chi connectivity index (χ0) is 18.5. The maximum atomic E-state index is 12.2. The van der Waals surface area contributed by atoms with Crippen LogP contribution in [0.5, 0.6) is 0 Å². The molecule has 0 spiro atoms. The van der Waals surface area contributed by atoms with Crippen LogP contribution in [0, 0.1) is 0 Å². The fourth-order valence-electron chi connectivity index (χ4n) is 2.03. The Bertz CT molecular complexity index is 909. The van der Waals surface area contributed by atoms with Crippen molar-refractivity contribution in [2.75, 3.05) is 28.1 Å². The SMILES string of the molecule is CCCSc1nc2ccc(NC(=O)CSc3nnc(NN)n3N)cc2s1. The van der Waals surface area contributed by atoms with Crippen molar-refractivity contribution in [3.63, 3.8) is 0 Å². The molecule has 0 unspecified atom stereocenters. The van der Waals surface area contributed by atoms with E-state index in [2.05, 4.69) is 32.8 Å². The van der Waals surface area contributed by atoms with Gasteiger partial charge in [0.05, 0.1) is 16.0 Å². The molecular weight excluding hydrogens is 392 g/mol. The highest BCUT2D eigenvalue weighted by Gasteiger charge is 2.12. The van der Waals surface area contributed by atoms with Crippen molar-refractivity contribution in [2.24, 2.45) is 5.84 Å². The van der Waals surface area contributed by atoms with Crippen molar-refractivity contribution < 1.29 is 4.79 Å². The van der Waals surface area contributed by atoms with E-state index in [1.165, 1.54) is 16.4 Å². The van der Waals surface area contributed by atoms with E-state index in [1.54, 1.807) is 23.1 Å². The molecule has 0 saturated heterocycles. The third kappa shape index (κ3) is 4.38. The lowest BCUT2D eigenvalue weighted by Crippen LogP contribution is -2.19. The summed E-state index contributed by atoms with van der Waals surface area (Å²) < 4.78 is 3.29. The second-order valence-corrected chi connectivity index (χ2v) is 8.48. The molecule has 0 saturated carbocycles. The number of hydrazine groups is 1. The molecule has 1 aromatic carbocycles. The van der Waals surface area contributed by atoms with Gasteiger partial charge in [-0.25, -0.2) is 15.5 Å². The highest BCUT2D eigenvalue weighted by Crippen LogP contribution is 2.31. The van der Waals surface area contributed by atoms with E-state index in [9.17, 15) is 4.79 Å². The Hall–Kier alpha value is -2.02. The number of anilines is 2. The van der Waals surface area contributed by atoms with E-state index < -0.39 is 0 Å². The molecule has 138 valence electrons. The highest BCUT2D eigenvalue weighted by molar-refractivity contribution is 8.01. The number of rotatable bonds is 8. The van der Waals surface area contributed by atoms with Crippen molar-refractivity contribution in [1.82, 2.24) is 19.9 Å². The van der Waals surface area contributed by atoms with Gasteiger partial charge in [-0.15, -0.1) is 21.5 Å². The standard InChI is InChI=1S/C14H18N8OS3/c1-2-5-24-14-18-9-4-3-8(6-10(9)26-14)17-11(23)7-25-13-21-20-12(19-15)22(13)16/h3-4,6H,2,5,7,15-16H2,1H3,(H,17,23)(H,19,20). The number of nitrogens with two attached hydrogens (primary N) is 2. The molecule has 0 radical (unpaired) electrons. The number of thiazole rings is 1. The molecule has 0 bridgehead atoms. The Morgan fingerprint density at radius 1 is 1.35 bits per heavy atom. The Balaban J connectivity index is 1.60. The van der Waals surface area contributed by atoms with Gasteiger partial charge in [-0.05, 0) is 24.6 Å². The van der Waals surface area contributed by atoms with Gasteiger partial charge in [0.15, 0.2) is 4.34 Å². The van der Waals surface area contributed by atoms with Crippen molar-refractivity contribution in [3.05, 3.63) is 18.2 Å². The third-order valence-electron chi connectivity index (χ3n) is 3.21. The maximum absolute atomic E-state index is 12.2. The van der Waals surface area contributed by atoms with E-state index >= 15 is 0 Å². The molecule has 3 rings (SSSR count). The van der Waals surface area contributed by atoms with Gasteiger partial charge >= 0.3 is 0 Å².